The fourth-order valence-electron chi connectivity index (χ4n) is 3.91. The molecule has 3 rings (SSSR count). The molecule has 0 aromatic carbocycles. The molecule has 0 saturated carbocycles. The molecule has 2 fully saturated rings. The topological polar surface area (TPSA) is 64.7 Å². The van der Waals surface area contributed by atoms with Crippen molar-refractivity contribution < 1.29 is 9.53 Å². The van der Waals surface area contributed by atoms with Gasteiger partial charge in [0.15, 0.2) is 0 Å². The minimum Gasteiger partial charge on any atom is -0.381 e. The number of hydrogen-bond donors (Lipinski definition) is 1. The summed E-state index contributed by atoms with van der Waals surface area (Å²) in [6.45, 7) is 8.14. The number of imidazole rings is 1. The number of carbonyl (C=O) groups is 1. The van der Waals surface area contributed by atoms with E-state index in [0.717, 1.165) is 70.2 Å². The van der Waals surface area contributed by atoms with Crippen LogP contribution in [0.2, 0.25) is 0 Å². The third kappa shape index (κ3) is 4.59. The lowest BCUT2D eigenvalue weighted by atomic mass is 10.0. The molecule has 0 unspecified atom stereocenters. The van der Waals surface area contributed by atoms with Crippen LogP contribution in [0.15, 0.2) is 6.33 Å². The molecule has 7 nitrogen and oxygen atoms in total. The zero-order valence-corrected chi connectivity index (χ0v) is 15.7. The molecule has 0 spiro atoms. The van der Waals surface area contributed by atoms with E-state index < -0.39 is 0 Å². The van der Waals surface area contributed by atoms with Crippen molar-refractivity contribution in [2.24, 2.45) is 5.92 Å². The predicted octanol–water partition coefficient (Wildman–Crippen LogP) is 0.719. The van der Waals surface area contributed by atoms with Gasteiger partial charge in [0, 0.05) is 71.8 Å². The van der Waals surface area contributed by atoms with Crippen LogP contribution in [0.1, 0.15) is 24.2 Å². The lowest BCUT2D eigenvalue weighted by molar-refractivity contribution is -0.134. The molecule has 2 aliphatic heterocycles. The molecule has 0 bridgehead atoms. The molecule has 1 amide bonds. The SMILES string of the molecule is Cc1[nH]cnc1CN1CCN(C2CCOCC2)C[C@@H](C(=O)N(C)C)C1. The van der Waals surface area contributed by atoms with Crippen molar-refractivity contribution in [1.82, 2.24) is 24.7 Å². The second-order valence-corrected chi connectivity index (χ2v) is 7.48. The zero-order chi connectivity index (χ0) is 17.8. The van der Waals surface area contributed by atoms with Crippen LogP contribution in [0.25, 0.3) is 0 Å². The summed E-state index contributed by atoms with van der Waals surface area (Å²) in [6, 6.07) is 0.540. The average Bonchev–Trinajstić information content (AvgIpc) is 2.90. The van der Waals surface area contributed by atoms with Gasteiger partial charge in [0.05, 0.1) is 17.9 Å². The molecule has 0 radical (unpaired) electrons. The maximum absolute atomic E-state index is 12.7. The highest BCUT2D eigenvalue weighted by Crippen LogP contribution is 2.21. The van der Waals surface area contributed by atoms with E-state index >= 15 is 0 Å². The Morgan fingerprint density at radius 1 is 1.32 bits per heavy atom. The average molecular weight is 349 g/mol. The minimum atomic E-state index is 0.0135. The molecule has 0 aliphatic carbocycles. The summed E-state index contributed by atoms with van der Waals surface area (Å²) in [4.78, 5) is 26.9. The van der Waals surface area contributed by atoms with Crippen molar-refractivity contribution in [1.29, 1.82) is 0 Å². The van der Waals surface area contributed by atoms with Gasteiger partial charge in [-0.15, -0.1) is 0 Å². The maximum Gasteiger partial charge on any atom is 0.227 e. The van der Waals surface area contributed by atoms with Crippen molar-refractivity contribution in [3.63, 3.8) is 0 Å². The quantitative estimate of drug-likeness (QED) is 0.868. The van der Waals surface area contributed by atoms with Gasteiger partial charge in [-0.05, 0) is 19.8 Å². The van der Waals surface area contributed by atoms with Crippen molar-refractivity contribution >= 4 is 5.91 Å². The van der Waals surface area contributed by atoms with Crippen LogP contribution in [-0.4, -0.2) is 90.1 Å². The highest BCUT2D eigenvalue weighted by molar-refractivity contribution is 5.78. The van der Waals surface area contributed by atoms with Crippen LogP contribution < -0.4 is 0 Å². The maximum atomic E-state index is 12.7. The standard InChI is InChI=1S/C18H31N5O2/c1-14-17(20-13-19-14)12-22-6-7-23(16-4-8-25-9-5-16)11-15(10-22)18(24)21(2)3/h13,15-16H,4-12H2,1-3H3,(H,19,20)/t15-/m0/s1. The predicted molar refractivity (Wildman–Crippen MR) is 96.2 cm³/mol. The summed E-state index contributed by atoms with van der Waals surface area (Å²) < 4.78 is 5.51. The molecular formula is C18H31N5O2. The van der Waals surface area contributed by atoms with Gasteiger partial charge in [0.1, 0.15) is 0 Å². The van der Waals surface area contributed by atoms with Crippen LogP contribution in [-0.2, 0) is 16.1 Å². The van der Waals surface area contributed by atoms with Crippen LogP contribution in [0, 0.1) is 12.8 Å². The van der Waals surface area contributed by atoms with Gasteiger partial charge in [0.25, 0.3) is 0 Å². The Morgan fingerprint density at radius 3 is 2.72 bits per heavy atom. The number of hydrogen-bond acceptors (Lipinski definition) is 5. The van der Waals surface area contributed by atoms with Crippen molar-refractivity contribution in [2.45, 2.75) is 32.4 Å². The van der Waals surface area contributed by atoms with Gasteiger partial charge in [-0.25, -0.2) is 4.98 Å². The molecule has 1 atom stereocenters. The molecular weight excluding hydrogens is 318 g/mol. The number of aromatic nitrogens is 2. The van der Waals surface area contributed by atoms with Gasteiger partial charge in [-0.2, -0.15) is 0 Å². The fraction of sp³-hybridized carbons (Fsp3) is 0.778. The monoisotopic (exact) mass is 349 g/mol. The molecule has 1 aromatic rings. The number of aromatic amines is 1. The van der Waals surface area contributed by atoms with Gasteiger partial charge < -0.3 is 14.6 Å². The Balaban J connectivity index is 1.72. The first-order valence-electron chi connectivity index (χ1n) is 9.28. The first-order chi connectivity index (χ1) is 12.0. The summed E-state index contributed by atoms with van der Waals surface area (Å²) in [7, 11) is 3.71. The number of amides is 1. The van der Waals surface area contributed by atoms with E-state index in [9.17, 15) is 4.79 Å². The number of rotatable bonds is 4. The highest BCUT2D eigenvalue weighted by Gasteiger charge is 2.32. The van der Waals surface area contributed by atoms with E-state index in [0.29, 0.717) is 6.04 Å². The van der Waals surface area contributed by atoms with Crippen molar-refractivity contribution in [2.75, 3.05) is 53.5 Å². The molecule has 2 saturated heterocycles. The lowest BCUT2D eigenvalue weighted by Crippen LogP contribution is -2.45. The molecule has 7 heteroatoms. The molecule has 3 heterocycles. The Kier molecular flexibility index (Phi) is 6.09. The molecule has 25 heavy (non-hydrogen) atoms. The molecule has 2 aliphatic rings. The van der Waals surface area contributed by atoms with Crippen LogP contribution in [0.5, 0.6) is 0 Å². The second kappa shape index (κ2) is 8.29. The van der Waals surface area contributed by atoms with Gasteiger partial charge in [0.2, 0.25) is 5.91 Å². The molecule has 140 valence electrons. The van der Waals surface area contributed by atoms with Gasteiger partial charge >= 0.3 is 0 Å². The normalized spacial score (nSPS) is 24.2. The zero-order valence-electron chi connectivity index (χ0n) is 15.7. The Labute approximate surface area is 150 Å². The van der Waals surface area contributed by atoms with Crippen molar-refractivity contribution in [3.05, 3.63) is 17.7 Å². The second-order valence-electron chi connectivity index (χ2n) is 7.48. The van der Waals surface area contributed by atoms with E-state index in [2.05, 4.69) is 26.7 Å². The number of ether oxygens (including phenoxy) is 1. The number of carbonyl (C=O) groups excluding carboxylic acids is 1. The summed E-state index contributed by atoms with van der Waals surface area (Å²) in [5.74, 6) is 0.238. The number of nitrogens with zero attached hydrogens (tertiary/aromatic N) is 4. The van der Waals surface area contributed by atoms with Crippen molar-refractivity contribution in [3.8, 4) is 0 Å². The summed E-state index contributed by atoms with van der Waals surface area (Å²) >= 11 is 0. The summed E-state index contributed by atoms with van der Waals surface area (Å²) in [5.41, 5.74) is 2.19. The first kappa shape index (κ1) is 18.4. The van der Waals surface area contributed by atoms with E-state index in [1.165, 1.54) is 0 Å². The third-order valence-corrected chi connectivity index (χ3v) is 5.44. The minimum absolute atomic E-state index is 0.0135. The van der Waals surface area contributed by atoms with E-state index in [1.807, 2.05) is 14.1 Å². The molecule has 1 N–H and O–H groups in total. The smallest absolute Gasteiger partial charge is 0.227 e. The molecule has 1 aromatic heterocycles. The lowest BCUT2D eigenvalue weighted by Gasteiger charge is -2.34. The first-order valence-corrected chi connectivity index (χ1v) is 9.28. The van der Waals surface area contributed by atoms with Crippen LogP contribution in [0.3, 0.4) is 0 Å². The van der Waals surface area contributed by atoms with E-state index in [-0.39, 0.29) is 11.8 Å². The van der Waals surface area contributed by atoms with E-state index in [4.69, 9.17) is 4.74 Å². The van der Waals surface area contributed by atoms with Gasteiger partial charge in [-0.1, -0.05) is 0 Å². The Morgan fingerprint density at radius 2 is 2.08 bits per heavy atom. The third-order valence-electron chi connectivity index (χ3n) is 5.44. The van der Waals surface area contributed by atoms with Crippen LogP contribution >= 0.6 is 0 Å². The number of aryl methyl sites for hydroxylation is 1. The fourth-order valence-corrected chi connectivity index (χ4v) is 3.91. The van der Waals surface area contributed by atoms with Gasteiger partial charge in [-0.3, -0.25) is 14.6 Å². The van der Waals surface area contributed by atoms with Crippen LogP contribution in [0.4, 0.5) is 0 Å². The van der Waals surface area contributed by atoms with E-state index in [1.54, 1.807) is 11.2 Å². The Hall–Kier alpha value is -1.44. The number of H-pyrrole nitrogens is 1. The highest BCUT2D eigenvalue weighted by atomic mass is 16.5. The summed E-state index contributed by atoms with van der Waals surface area (Å²) in [6.07, 6.45) is 3.89. The Bertz CT molecular complexity index is 568. The summed E-state index contributed by atoms with van der Waals surface area (Å²) in [5, 5.41) is 0. The number of nitrogens with one attached hydrogen (secondary N) is 1. The largest absolute Gasteiger partial charge is 0.381 e.